The molecular formula is C24H24F3N3O4. The van der Waals surface area contributed by atoms with Crippen molar-refractivity contribution in [3.63, 3.8) is 0 Å². The van der Waals surface area contributed by atoms with E-state index in [0.29, 0.717) is 22.4 Å². The highest BCUT2D eigenvalue weighted by Crippen LogP contribution is 2.22. The van der Waals surface area contributed by atoms with Crippen LogP contribution in [0.1, 0.15) is 40.7 Å². The number of halogens is 3. The van der Waals surface area contributed by atoms with E-state index in [2.05, 4.69) is 22.5 Å². The van der Waals surface area contributed by atoms with Gasteiger partial charge in [-0.25, -0.2) is 0 Å². The van der Waals surface area contributed by atoms with E-state index >= 15 is 0 Å². The molecule has 0 fully saturated rings. The van der Waals surface area contributed by atoms with Gasteiger partial charge in [-0.2, -0.15) is 13.2 Å². The summed E-state index contributed by atoms with van der Waals surface area (Å²) < 4.78 is 36.4. The summed E-state index contributed by atoms with van der Waals surface area (Å²) >= 11 is 0. The summed E-state index contributed by atoms with van der Waals surface area (Å²) in [6.07, 6.45) is -5.77. The molecule has 0 bridgehead atoms. The van der Waals surface area contributed by atoms with Crippen LogP contribution < -0.4 is 16.4 Å². The number of Topliss-reactive ketones (excluding diaryl/α,β-unsaturated/α-hetero) is 1. The molecule has 0 unspecified atom stereocenters. The lowest BCUT2D eigenvalue weighted by molar-refractivity contribution is -0.136. The molecule has 2 aromatic carbocycles. The Bertz CT molecular complexity index is 1060. The zero-order valence-electron chi connectivity index (χ0n) is 18.1. The first-order valence-corrected chi connectivity index (χ1v) is 10.3. The van der Waals surface area contributed by atoms with E-state index < -0.39 is 42.8 Å². The van der Waals surface area contributed by atoms with Crippen LogP contribution in [0.3, 0.4) is 0 Å². The Labute approximate surface area is 194 Å². The van der Waals surface area contributed by atoms with Gasteiger partial charge in [0.1, 0.15) is 12.6 Å². The van der Waals surface area contributed by atoms with E-state index in [9.17, 15) is 27.6 Å². The van der Waals surface area contributed by atoms with Gasteiger partial charge < -0.3 is 21.5 Å². The van der Waals surface area contributed by atoms with Gasteiger partial charge in [-0.15, -0.1) is 0 Å². The van der Waals surface area contributed by atoms with Crippen LogP contribution >= 0.6 is 0 Å². The van der Waals surface area contributed by atoms with Gasteiger partial charge in [0, 0.05) is 41.8 Å². The largest absolute Gasteiger partial charge is 0.389 e. The summed E-state index contributed by atoms with van der Waals surface area (Å²) in [5, 5.41) is 13.9. The molecule has 5 N–H and O–H groups in total. The lowest BCUT2D eigenvalue weighted by Crippen LogP contribution is -2.46. The van der Waals surface area contributed by atoms with Crippen molar-refractivity contribution in [3.05, 3.63) is 65.2 Å². The van der Waals surface area contributed by atoms with Gasteiger partial charge in [-0.05, 0) is 55.0 Å². The standard InChI is InChI=1S/C24H24F3N3O4/c25-24(26,27)13-1-2-22(33)29-19-11-7-17(8-12-19)4-3-16-5-9-18(10-6-16)23(34)30-20(14-28)21(32)15-31/h5-12,20,31H,1-2,13-15,28H2,(H,29,33)(H,30,34)/t20-/m0/s1. The van der Waals surface area contributed by atoms with E-state index in [1.807, 2.05) is 0 Å². The number of nitrogens with two attached hydrogens (primary N) is 1. The summed E-state index contributed by atoms with van der Waals surface area (Å²) in [5.41, 5.74) is 7.46. The number of hydrogen-bond donors (Lipinski definition) is 4. The summed E-state index contributed by atoms with van der Waals surface area (Å²) in [5.74, 6) is 4.27. The van der Waals surface area contributed by atoms with Gasteiger partial charge in [0.15, 0.2) is 5.78 Å². The number of benzene rings is 2. The number of carbonyl (C=O) groups is 3. The lowest BCUT2D eigenvalue weighted by Gasteiger charge is -2.14. The third-order valence-electron chi connectivity index (χ3n) is 4.62. The molecule has 0 radical (unpaired) electrons. The molecule has 10 heteroatoms. The smallest absolute Gasteiger partial charge is 0.388 e. The van der Waals surface area contributed by atoms with Crippen molar-refractivity contribution in [2.45, 2.75) is 31.5 Å². The Kier molecular flexibility index (Phi) is 9.79. The van der Waals surface area contributed by atoms with Gasteiger partial charge in [-0.1, -0.05) is 11.8 Å². The SMILES string of the molecule is NC[C@H](NC(=O)c1ccc(C#Cc2ccc(NC(=O)CCCC(F)(F)F)cc2)cc1)C(=O)CO. The van der Waals surface area contributed by atoms with Crippen molar-refractivity contribution in [1.29, 1.82) is 0 Å². The molecule has 0 aromatic heterocycles. The summed E-state index contributed by atoms with van der Waals surface area (Å²) in [7, 11) is 0. The minimum absolute atomic E-state index is 0.130. The molecule has 1 atom stereocenters. The van der Waals surface area contributed by atoms with E-state index in [1.165, 1.54) is 12.1 Å². The normalized spacial score (nSPS) is 11.7. The average Bonchev–Trinajstić information content (AvgIpc) is 2.81. The quantitative estimate of drug-likeness (QED) is 0.415. The molecule has 0 saturated carbocycles. The van der Waals surface area contributed by atoms with Gasteiger partial charge in [-0.3, -0.25) is 14.4 Å². The van der Waals surface area contributed by atoms with Gasteiger partial charge in [0.25, 0.3) is 5.91 Å². The highest BCUT2D eigenvalue weighted by molar-refractivity contribution is 5.98. The van der Waals surface area contributed by atoms with Crippen LogP contribution in [-0.4, -0.2) is 48.1 Å². The minimum Gasteiger partial charge on any atom is -0.388 e. The zero-order chi connectivity index (χ0) is 25.1. The first kappa shape index (κ1) is 26.6. The number of anilines is 1. The van der Waals surface area contributed by atoms with Gasteiger partial charge in [0.2, 0.25) is 5.91 Å². The van der Waals surface area contributed by atoms with E-state index in [0.717, 1.165) is 0 Å². The van der Waals surface area contributed by atoms with E-state index in [4.69, 9.17) is 10.8 Å². The predicted molar refractivity (Wildman–Crippen MR) is 120 cm³/mol. The molecule has 0 aliphatic heterocycles. The molecule has 0 aliphatic rings. The second-order valence-electron chi connectivity index (χ2n) is 7.31. The predicted octanol–water partition coefficient (Wildman–Crippen LogP) is 2.38. The van der Waals surface area contributed by atoms with Gasteiger partial charge in [0.05, 0.1) is 0 Å². The number of rotatable bonds is 9. The Morgan fingerprint density at radius 1 is 0.971 bits per heavy atom. The van der Waals surface area contributed by atoms with E-state index in [1.54, 1.807) is 36.4 Å². The first-order chi connectivity index (χ1) is 16.1. The van der Waals surface area contributed by atoms with Crippen molar-refractivity contribution in [1.82, 2.24) is 5.32 Å². The maximum Gasteiger partial charge on any atom is 0.389 e. The Balaban J connectivity index is 1.91. The van der Waals surface area contributed by atoms with Crippen LogP contribution in [0.15, 0.2) is 48.5 Å². The maximum atomic E-state index is 12.2. The van der Waals surface area contributed by atoms with Crippen molar-refractivity contribution in [2.24, 2.45) is 5.73 Å². The number of aliphatic hydroxyl groups is 1. The fourth-order valence-electron chi connectivity index (χ4n) is 2.78. The van der Waals surface area contributed by atoms with Crippen LogP contribution in [0, 0.1) is 11.8 Å². The summed E-state index contributed by atoms with van der Waals surface area (Å²) in [4.78, 5) is 35.5. The monoisotopic (exact) mass is 475 g/mol. The summed E-state index contributed by atoms with van der Waals surface area (Å²) in [6.45, 7) is -0.846. The first-order valence-electron chi connectivity index (χ1n) is 10.3. The Morgan fingerprint density at radius 2 is 1.53 bits per heavy atom. The summed E-state index contributed by atoms with van der Waals surface area (Å²) in [6, 6.07) is 11.9. The molecule has 2 amide bonds. The molecule has 2 aromatic rings. The van der Waals surface area contributed by atoms with Crippen molar-refractivity contribution >= 4 is 23.3 Å². The molecule has 0 saturated heterocycles. The third-order valence-corrected chi connectivity index (χ3v) is 4.62. The second-order valence-corrected chi connectivity index (χ2v) is 7.31. The molecule has 0 aliphatic carbocycles. The van der Waals surface area contributed by atoms with Gasteiger partial charge >= 0.3 is 6.18 Å². The topological polar surface area (TPSA) is 122 Å². The van der Waals surface area contributed by atoms with E-state index in [-0.39, 0.29) is 19.4 Å². The number of amides is 2. The average molecular weight is 475 g/mol. The van der Waals surface area contributed by atoms with Crippen molar-refractivity contribution in [2.75, 3.05) is 18.5 Å². The van der Waals surface area contributed by atoms with Crippen LogP contribution in [0.2, 0.25) is 0 Å². The molecule has 34 heavy (non-hydrogen) atoms. The molecule has 0 heterocycles. The van der Waals surface area contributed by atoms with Crippen molar-refractivity contribution in [3.8, 4) is 11.8 Å². The molecule has 180 valence electrons. The maximum absolute atomic E-state index is 12.2. The second kappa shape index (κ2) is 12.5. The number of nitrogens with one attached hydrogen (secondary N) is 2. The number of ketones is 1. The fraction of sp³-hybridized carbons (Fsp3) is 0.292. The Hall–Kier alpha value is -3.68. The molecular weight excluding hydrogens is 451 g/mol. The fourth-order valence-corrected chi connectivity index (χ4v) is 2.78. The minimum atomic E-state index is -4.28. The van der Waals surface area contributed by atoms with Crippen molar-refractivity contribution < 1.29 is 32.7 Å². The van der Waals surface area contributed by atoms with Crippen LogP contribution in [-0.2, 0) is 9.59 Å². The number of aliphatic hydroxyl groups excluding tert-OH is 1. The van der Waals surface area contributed by atoms with Crippen LogP contribution in [0.4, 0.5) is 18.9 Å². The number of carbonyl (C=O) groups excluding carboxylic acids is 3. The lowest BCUT2D eigenvalue weighted by atomic mass is 10.1. The van der Waals surface area contributed by atoms with Crippen LogP contribution in [0.25, 0.3) is 0 Å². The molecule has 7 nitrogen and oxygen atoms in total. The number of hydrogen-bond acceptors (Lipinski definition) is 5. The molecule has 0 spiro atoms. The Morgan fingerprint density at radius 3 is 2.03 bits per heavy atom. The zero-order valence-corrected chi connectivity index (χ0v) is 18.1. The third kappa shape index (κ3) is 9.05. The highest BCUT2D eigenvalue weighted by Gasteiger charge is 2.26. The highest BCUT2D eigenvalue weighted by atomic mass is 19.4. The number of alkyl halides is 3. The molecule has 2 rings (SSSR count). The van der Waals surface area contributed by atoms with Crippen LogP contribution in [0.5, 0.6) is 0 Å².